The Kier molecular flexibility index (Phi) is 6.13. The van der Waals surface area contributed by atoms with E-state index in [0.717, 1.165) is 30.5 Å². The zero-order valence-electron chi connectivity index (χ0n) is 16.3. The van der Waals surface area contributed by atoms with E-state index in [1.807, 2.05) is 30.3 Å². The number of rotatable bonds is 6. The molecule has 6 nitrogen and oxygen atoms in total. The van der Waals surface area contributed by atoms with E-state index < -0.39 is 11.6 Å². The van der Waals surface area contributed by atoms with Crippen molar-refractivity contribution in [3.63, 3.8) is 0 Å². The van der Waals surface area contributed by atoms with Gasteiger partial charge in [-0.3, -0.25) is 4.79 Å². The molecule has 0 radical (unpaired) electrons. The van der Waals surface area contributed by atoms with Crippen molar-refractivity contribution in [2.45, 2.75) is 32.0 Å². The molecule has 1 atom stereocenters. The lowest BCUT2D eigenvalue weighted by Crippen LogP contribution is -2.39. The molecule has 1 saturated heterocycles. The molecule has 0 bridgehead atoms. The van der Waals surface area contributed by atoms with Gasteiger partial charge in [-0.25, -0.2) is 8.78 Å². The minimum Gasteiger partial charge on any atom is -0.367 e. The summed E-state index contributed by atoms with van der Waals surface area (Å²) in [5.41, 5.74) is 1.17. The van der Waals surface area contributed by atoms with Gasteiger partial charge < -0.3 is 14.2 Å². The maximum atomic E-state index is 13.5. The van der Waals surface area contributed by atoms with Crippen molar-refractivity contribution in [1.82, 2.24) is 15.0 Å². The highest BCUT2D eigenvalue weighted by atomic mass is 19.2. The van der Waals surface area contributed by atoms with Crippen molar-refractivity contribution >= 4 is 5.91 Å². The van der Waals surface area contributed by atoms with Gasteiger partial charge in [-0.1, -0.05) is 35.5 Å². The van der Waals surface area contributed by atoms with Crippen molar-refractivity contribution in [2.24, 2.45) is 0 Å². The van der Waals surface area contributed by atoms with Crippen LogP contribution in [-0.2, 0) is 18.0 Å². The Morgan fingerprint density at radius 1 is 1.13 bits per heavy atom. The molecule has 0 aliphatic carbocycles. The number of halogens is 2. The molecule has 1 amide bonds. The van der Waals surface area contributed by atoms with E-state index in [9.17, 15) is 13.6 Å². The van der Waals surface area contributed by atoms with Crippen LogP contribution in [0.15, 0.2) is 53.1 Å². The predicted octanol–water partition coefficient (Wildman–Crippen LogP) is 4.08. The molecule has 1 unspecified atom stereocenters. The molecule has 4 rings (SSSR count). The number of hydrogen-bond donors (Lipinski definition) is 0. The number of aromatic nitrogens is 2. The van der Waals surface area contributed by atoms with Gasteiger partial charge in [-0.15, -0.1) is 0 Å². The number of nitrogens with zero attached hydrogens (tertiary/aromatic N) is 3. The Bertz CT molecular complexity index is 1010. The predicted molar refractivity (Wildman–Crippen MR) is 103 cm³/mol. The number of likely N-dealkylation sites (tertiary alicyclic amines) is 1. The molecule has 30 heavy (non-hydrogen) atoms. The Hall–Kier alpha value is -3.13. The van der Waals surface area contributed by atoms with Crippen molar-refractivity contribution in [3.8, 4) is 0 Å². The highest BCUT2D eigenvalue weighted by Crippen LogP contribution is 2.26. The van der Waals surface area contributed by atoms with Crippen LogP contribution in [0.1, 0.15) is 46.4 Å². The minimum atomic E-state index is -1.03. The fraction of sp³-hybridized carbons (Fsp3) is 0.318. The van der Waals surface area contributed by atoms with Crippen LogP contribution in [0.4, 0.5) is 8.78 Å². The van der Waals surface area contributed by atoms with Gasteiger partial charge in [-0.2, -0.15) is 4.98 Å². The fourth-order valence-electron chi connectivity index (χ4n) is 3.51. The molecular formula is C22H21F2N3O3. The third-order valence-electron chi connectivity index (χ3n) is 5.06. The summed E-state index contributed by atoms with van der Waals surface area (Å²) in [7, 11) is 0. The highest BCUT2D eigenvalue weighted by molar-refractivity contribution is 5.94. The molecule has 1 aliphatic heterocycles. The van der Waals surface area contributed by atoms with Gasteiger partial charge in [0.25, 0.3) is 11.8 Å². The number of hydrogen-bond acceptors (Lipinski definition) is 5. The van der Waals surface area contributed by atoms with Crippen molar-refractivity contribution in [2.75, 3.05) is 13.1 Å². The lowest BCUT2D eigenvalue weighted by atomic mass is 9.96. The number of benzene rings is 2. The SMILES string of the molecule is O=C(c1ccc(F)c(F)c1)N1CCCC(c2noc(COCc3ccccc3)n2)C1. The third-order valence-corrected chi connectivity index (χ3v) is 5.06. The molecule has 1 fully saturated rings. The summed E-state index contributed by atoms with van der Waals surface area (Å²) in [6.07, 6.45) is 1.57. The number of amides is 1. The quantitative estimate of drug-likeness (QED) is 0.609. The maximum Gasteiger partial charge on any atom is 0.253 e. The van der Waals surface area contributed by atoms with E-state index in [4.69, 9.17) is 9.26 Å². The first-order valence-electron chi connectivity index (χ1n) is 9.78. The number of piperidine rings is 1. The van der Waals surface area contributed by atoms with E-state index in [0.29, 0.717) is 31.4 Å². The molecule has 8 heteroatoms. The van der Waals surface area contributed by atoms with Crippen molar-refractivity contribution < 1.29 is 22.8 Å². The third kappa shape index (κ3) is 4.71. The van der Waals surface area contributed by atoms with Gasteiger partial charge in [0.2, 0.25) is 0 Å². The lowest BCUT2D eigenvalue weighted by Gasteiger charge is -2.31. The number of carbonyl (C=O) groups excluding carboxylic acids is 1. The van der Waals surface area contributed by atoms with Gasteiger partial charge in [-0.05, 0) is 36.6 Å². The van der Waals surface area contributed by atoms with Gasteiger partial charge in [0.05, 0.1) is 6.61 Å². The largest absolute Gasteiger partial charge is 0.367 e. The average molecular weight is 413 g/mol. The molecule has 0 saturated carbocycles. The molecule has 1 aromatic heterocycles. The van der Waals surface area contributed by atoms with Crippen LogP contribution in [0.25, 0.3) is 0 Å². The molecule has 3 aromatic rings. The summed E-state index contributed by atoms with van der Waals surface area (Å²) in [5, 5.41) is 4.04. The zero-order valence-corrected chi connectivity index (χ0v) is 16.3. The van der Waals surface area contributed by atoms with E-state index in [1.165, 1.54) is 6.07 Å². The van der Waals surface area contributed by atoms with Gasteiger partial charge in [0.15, 0.2) is 17.5 Å². The normalized spacial score (nSPS) is 16.6. The van der Waals surface area contributed by atoms with Gasteiger partial charge >= 0.3 is 0 Å². The molecule has 156 valence electrons. The second-order valence-corrected chi connectivity index (χ2v) is 7.24. The standard InChI is InChI=1S/C22H21F2N3O3/c23-18-9-8-16(11-19(18)24)22(28)27-10-4-7-17(12-27)21-25-20(30-26-21)14-29-13-15-5-2-1-3-6-15/h1-3,5-6,8-9,11,17H,4,7,10,12-14H2. The van der Waals surface area contributed by atoms with E-state index >= 15 is 0 Å². The van der Waals surface area contributed by atoms with E-state index in [1.54, 1.807) is 4.90 Å². The van der Waals surface area contributed by atoms with Gasteiger partial charge in [0, 0.05) is 24.6 Å². The molecule has 0 spiro atoms. The van der Waals surface area contributed by atoms with Crippen LogP contribution in [0.3, 0.4) is 0 Å². The second kappa shape index (κ2) is 9.13. The van der Waals surface area contributed by atoms with Crippen LogP contribution in [0.2, 0.25) is 0 Å². The Labute approximate surface area is 172 Å². The first kappa shape index (κ1) is 20.2. The van der Waals surface area contributed by atoms with Crippen LogP contribution in [0, 0.1) is 11.6 Å². The molecule has 1 aliphatic rings. The van der Waals surface area contributed by atoms with E-state index in [2.05, 4.69) is 10.1 Å². The van der Waals surface area contributed by atoms with Gasteiger partial charge in [0.1, 0.15) is 6.61 Å². The first-order valence-corrected chi connectivity index (χ1v) is 9.78. The maximum absolute atomic E-state index is 13.5. The van der Waals surface area contributed by atoms with Crippen LogP contribution < -0.4 is 0 Å². The van der Waals surface area contributed by atoms with Crippen LogP contribution in [0.5, 0.6) is 0 Å². The van der Waals surface area contributed by atoms with Crippen molar-refractivity contribution in [1.29, 1.82) is 0 Å². The summed E-state index contributed by atoms with van der Waals surface area (Å²) in [4.78, 5) is 18.7. The zero-order chi connectivity index (χ0) is 20.9. The molecule has 0 N–H and O–H groups in total. The lowest BCUT2D eigenvalue weighted by molar-refractivity contribution is 0.0703. The van der Waals surface area contributed by atoms with Crippen LogP contribution in [-0.4, -0.2) is 34.0 Å². The monoisotopic (exact) mass is 413 g/mol. The molecule has 2 aromatic carbocycles. The van der Waals surface area contributed by atoms with E-state index in [-0.39, 0.29) is 24.0 Å². The molecular weight excluding hydrogens is 392 g/mol. The summed E-state index contributed by atoms with van der Waals surface area (Å²) in [6, 6.07) is 13.0. The van der Waals surface area contributed by atoms with Crippen molar-refractivity contribution in [3.05, 3.63) is 83.0 Å². The number of ether oxygens (including phenoxy) is 1. The van der Waals surface area contributed by atoms with Crippen LogP contribution >= 0.6 is 0 Å². The fourth-order valence-corrected chi connectivity index (χ4v) is 3.51. The smallest absolute Gasteiger partial charge is 0.253 e. The average Bonchev–Trinajstić information content (AvgIpc) is 3.25. The topological polar surface area (TPSA) is 68.5 Å². The Morgan fingerprint density at radius 2 is 1.97 bits per heavy atom. The Balaban J connectivity index is 1.35. The highest BCUT2D eigenvalue weighted by Gasteiger charge is 2.29. The second-order valence-electron chi connectivity index (χ2n) is 7.24. The number of carbonyl (C=O) groups is 1. The summed E-state index contributed by atoms with van der Waals surface area (Å²) in [6.45, 7) is 1.57. The minimum absolute atomic E-state index is 0.0837. The Morgan fingerprint density at radius 3 is 2.77 bits per heavy atom. The first-order chi connectivity index (χ1) is 14.6. The summed E-state index contributed by atoms with van der Waals surface area (Å²) < 4.78 is 37.5. The molecule has 2 heterocycles. The summed E-state index contributed by atoms with van der Waals surface area (Å²) >= 11 is 0. The summed E-state index contributed by atoms with van der Waals surface area (Å²) in [5.74, 6) is -1.53.